The second-order valence-electron chi connectivity index (χ2n) is 8.71. The Bertz CT molecular complexity index is 1620. The van der Waals surface area contributed by atoms with E-state index in [1.54, 1.807) is 0 Å². The van der Waals surface area contributed by atoms with Crippen LogP contribution in [-0.4, -0.2) is 0 Å². The molecule has 1 aliphatic heterocycles. The van der Waals surface area contributed by atoms with Gasteiger partial charge in [-0.25, -0.2) is 0 Å². The number of rotatable bonds is 2. The third kappa shape index (κ3) is 2.98. The van der Waals surface area contributed by atoms with E-state index in [-0.39, 0.29) is 0 Å². The summed E-state index contributed by atoms with van der Waals surface area (Å²) in [5.41, 5.74) is 7.58. The summed E-state index contributed by atoms with van der Waals surface area (Å²) in [5, 5.41) is 3.43. The number of nitrogens with zero attached hydrogens (tertiary/aromatic N) is 1. The van der Waals surface area contributed by atoms with Crippen molar-refractivity contribution in [3.05, 3.63) is 119 Å². The molecule has 1 aliphatic carbocycles. The van der Waals surface area contributed by atoms with Gasteiger partial charge in [-0.15, -0.1) is 11.3 Å². The molecular weight excluding hydrogens is 442 g/mol. The van der Waals surface area contributed by atoms with Gasteiger partial charge in [0, 0.05) is 42.5 Å². The normalized spacial score (nSPS) is 16.8. The van der Waals surface area contributed by atoms with Gasteiger partial charge >= 0.3 is 0 Å². The molecule has 1 aromatic heterocycles. The highest BCUT2D eigenvalue weighted by Crippen LogP contribution is 2.52. The number of fused-ring (bicyclic) bond motifs is 6. The standard InChI is InChI=1S/C30H20ClNS/c31-21-7-5-6-19(16-21)20-12-14-24-23-8-1-3-10-27(23)32(28(24)17-20)22-13-15-30-26(18-22)25-9-2-4-11-29(25)33-30/h1-7,9-18,23H,8H2. The highest BCUT2D eigenvalue weighted by molar-refractivity contribution is 7.25. The van der Waals surface area contributed by atoms with Gasteiger partial charge in [0.1, 0.15) is 0 Å². The zero-order valence-electron chi connectivity index (χ0n) is 17.8. The van der Waals surface area contributed by atoms with Crippen molar-refractivity contribution < 1.29 is 0 Å². The first kappa shape index (κ1) is 19.2. The van der Waals surface area contributed by atoms with E-state index >= 15 is 0 Å². The predicted octanol–water partition coefficient (Wildman–Crippen LogP) is 9.45. The fraction of sp³-hybridized carbons (Fsp3) is 0.0667. The lowest BCUT2D eigenvalue weighted by molar-refractivity contribution is 0.820. The maximum atomic E-state index is 6.30. The maximum absolute atomic E-state index is 6.30. The minimum atomic E-state index is 0.397. The van der Waals surface area contributed by atoms with Crippen molar-refractivity contribution in [3.63, 3.8) is 0 Å². The Labute approximate surface area is 201 Å². The molecular formula is C30H20ClNS. The first-order valence-corrected chi connectivity index (χ1v) is 12.4. The second kappa shape index (κ2) is 7.34. The van der Waals surface area contributed by atoms with Crippen LogP contribution in [-0.2, 0) is 0 Å². The van der Waals surface area contributed by atoms with Gasteiger partial charge in [0.2, 0.25) is 0 Å². The fourth-order valence-electron chi connectivity index (χ4n) is 5.29. The van der Waals surface area contributed by atoms with Crippen molar-refractivity contribution in [2.24, 2.45) is 0 Å². The van der Waals surface area contributed by atoms with Crippen molar-refractivity contribution in [1.29, 1.82) is 0 Å². The van der Waals surface area contributed by atoms with Crippen LogP contribution in [0.2, 0.25) is 5.02 Å². The molecule has 0 spiro atoms. The minimum Gasteiger partial charge on any atom is -0.313 e. The van der Waals surface area contributed by atoms with E-state index in [9.17, 15) is 0 Å². The van der Waals surface area contributed by atoms with E-state index in [1.165, 1.54) is 48.4 Å². The first-order valence-electron chi connectivity index (χ1n) is 11.2. The third-order valence-electron chi connectivity index (χ3n) is 6.81. The molecule has 4 aromatic carbocycles. The summed E-state index contributed by atoms with van der Waals surface area (Å²) >= 11 is 8.17. The summed E-state index contributed by atoms with van der Waals surface area (Å²) < 4.78 is 2.67. The third-order valence-corrected chi connectivity index (χ3v) is 8.20. The number of benzene rings is 4. The predicted molar refractivity (Wildman–Crippen MR) is 143 cm³/mol. The lowest BCUT2D eigenvalue weighted by Gasteiger charge is -2.25. The number of thiophene rings is 1. The zero-order chi connectivity index (χ0) is 21.9. The number of allylic oxidation sites excluding steroid dienone is 4. The smallest absolute Gasteiger partial charge is 0.0503 e. The summed E-state index contributed by atoms with van der Waals surface area (Å²) in [5.74, 6) is 0.397. The van der Waals surface area contributed by atoms with E-state index in [0.29, 0.717) is 5.92 Å². The number of hydrogen-bond donors (Lipinski definition) is 0. The van der Waals surface area contributed by atoms with Crippen molar-refractivity contribution >= 4 is 54.5 Å². The highest BCUT2D eigenvalue weighted by atomic mass is 35.5. The molecule has 1 nitrogen and oxygen atoms in total. The Balaban J connectivity index is 1.44. The van der Waals surface area contributed by atoms with E-state index in [1.807, 2.05) is 29.5 Å². The van der Waals surface area contributed by atoms with Crippen LogP contribution in [0, 0.1) is 0 Å². The van der Waals surface area contributed by atoms with Gasteiger partial charge in [-0.1, -0.05) is 66.2 Å². The average Bonchev–Trinajstić information content (AvgIpc) is 3.39. The molecule has 0 saturated carbocycles. The molecule has 0 amide bonds. The quantitative estimate of drug-likeness (QED) is 0.253. The lowest BCUT2D eigenvalue weighted by Crippen LogP contribution is -2.14. The van der Waals surface area contributed by atoms with E-state index in [4.69, 9.17) is 11.6 Å². The molecule has 2 aliphatic rings. The number of hydrogen-bond acceptors (Lipinski definition) is 2. The van der Waals surface area contributed by atoms with Crippen molar-refractivity contribution in [3.8, 4) is 11.1 Å². The van der Waals surface area contributed by atoms with Crippen LogP contribution in [0.1, 0.15) is 17.9 Å². The van der Waals surface area contributed by atoms with Gasteiger partial charge in [0.25, 0.3) is 0 Å². The highest BCUT2D eigenvalue weighted by Gasteiger charge is 2.35. The van der Waals surface area contributed by atoms with Crippen molar-refractivity contribution in [2.75, 3.05) is 4.90 Å². The lowest BCUT2D eigenvalue weighted by atomic mass is 9.91. The van der Waals surface area contributed by atoms with Crippen LogP contribution in [0.5, 0.6) is 0 Å². The molecule has 1 atom stereocenters. The number of anilines is 2. The molecule has 7 rings (SSSR count). The van der Waals surface area contributed by atoms with Crippen LogP contribution in [0.15, 0.2) is 109 Å². The molecule has 33 heavy (non-hydrogen) atoms. The van der Waals surface area contributed by atoms with Crippen molar-refractivity contribution in [1.82, 2.24) is 0 Å². The molecule has 0 saturated heterocycles. The largest absolute Gasteiger partial charge is 0.313 e. The summed E-state index contributed by atoms with van der Waals surface area (Å²) in [6.07, 6.45) is 7.79. The Morgan fingerprint density at radius 2 is 1.67 bits per heavy atom. The summed E-state index contributed by atoms with van der Waals surface area (Å²) in [4.78, 5) is 2.46. The van der Waals surface area contributed by atoms with Gasteiger partial charge in [-0.05, 0) is 71.7 Å². The molecule has 3 heteroatoms. The molecule has 0 radical (unpaired) electrons. The van der Waals surface area contributed by atoms with Crippen LogP contribution >= 0.6 is 22.9 Å². The molecule has 5 aromatic rings. The summed E-state index contributed by atoms with van der Waals surface area (Å²) in [6.45, 7) is 0. The molecule has 0 fully saturated rings. The monoisotopic (exact) mass is 461 g/mol. The van der Waals surface area contributed by atoms with E-state index < -0.39 is 0 Å². The fourth-order valence-corrected chi connectivity index (χ4v) is 6.57. The van der Waals surface area contributed by atoms with Gasteiger partial charge in [-0.3, -0.25) is 0 Å². The van der Waals surface area contributed by atoms with E-state index in [2.05, 4.69) is 89.9 Å². The molecule has 1 unspecified atom stereocenters. The molecule has 2 heterocycles. The van der Waals surface area contributed by atoms with Crippen LogP contribution < -0.4 is 4.90 Å². The first-order chi connectivity index (χ1) is 16.3. The van der Waals surface area contributed by atoms with Crippen LogP contribution in [0.4, 0.5) is 11.4 Å². The number of halogens is 1. The van der Waals surface area contributed by atoms with Gasteiger partial charge in [0.15, 0.2) is 0 Å². The van der Waals surface area contributed by atoms with Crippen LogP contribution in [0.25, 0.3) is 31.3 Å². The van der Waals surface area contributed by atoms with Crippen LogP contribution in [0.3, 0.4) is 0 Å². The Hall–Kier alpha value is -3.33. The summed E-state index contributed by atoms with van der Waals surface area (Å²) in [6, 6.07) is 30.6. The molecule has 0 N–H and O–H groups in total. The average molecular weight is 462 g/mol. The molecule has 0 bridgehead atoms. The topological polar surface area (TPSA) is 3.24 Å². The summed E-state index contributed by atoms with van der Waals surface area (Å²) in [7, 11) is 0. The second-order valence-corrected chi connectivity index (χ2v) is 10.2. The van der Waals surface area contributed by atoms with Gasteiger partial charge in [-0.2, -0.15) is 0 Å². The Kier molecular flexibility index (Phi) is 4.27. The maximum Gasteiger partial charge on any atom is 0.0503 e. The minimum absolute atomic E-state index is 0.397. The zero-order valence-corrected chi connectivity index (χ0v) is 19.4. The van der Waals surface area contributed by atoms with Gasteiger partial charge in [0.05, 0.1) is 5.69 Å². The van der Waals surface area contributed by atoms with E-state index in [0.717, 1.165) is 17.0 Å². The van der Waals surface area contributed by atoms with Gasteiger partial charge < -0.3 is 4.90 Å². The van der Waals surface area contributed by atoms with Crippen molar-refractivity contribution in [2.45, 2.75) is 12.3 Å². The Morgan fingerprint density at radius 1 is 0.788 bits per heavy atom. The Morgan fingerprint density at radius 3 is 2.61 bits per heavy atom. The SMILES string of the molecule is Clc1cccc(-c2ccc3c(c2)N(c2ccc4sc5ccccc5c4c2)C2=CC=CCC23)c1. The molecule has 158 valence electrons.